The van der Waals surface area contributed by atoms with Gasteiger partial charge in [0.1, 0.15) is 0 Å². The van der Waals surface area contributed by atoms with Crippen molar-refractivity contribution in [2.45, 2.75) is 64.2 Å². The number of carbonyl (C=O) groups excluding carboxylic acids is 1. The minimum atomic E-state index is -0.292. The average Bonchev–Trinajstić information content (AvgIpc) is 2.37. The molecule has 1 aliphatic heterocycles. The molecule has 0 fully saturated rings. The molecule has 0 aromatic rings. The maximum absolute atomic E-state index is 11.2. The summed E-state index contributed by atoms with van der Waals surface area (Å²) in [4.78, 5) is 11.2. The Labute approximate surface area is 111 Å². The van der Waals surface area contributed by atoms with Crippen LogP contribution >= 0.6 is 0 Å². The van der Waals surface area contributed by atoms with Crippen molar-refractivity contribution >= 4 is 5.97 Å². The molecule has 0 radical (unpaired) electrons. The largest absolute Gasteiger partial charge is 0.501 e. The van der Waals surface area contributed by atoms with Crippen molar-refractivity contribution in [1.82, 2.24) is 0 Å². The fraction of sp³-hybridized carbons (Fsp3) is 0.800. The molecule has 0 unspecified atom stereocenters. The molecule has 0 atom stereocenters. The lowest BCUT2D eigenvalue weighted by Crippen LogP contribution is -2.02. The Balaban J connectivity index is 2.18. The van der Waals surface area contributed by atoms with E-state index in [2.05, 4.69) is 0 Å². The predicted molar refractivity (Wildman–Crippen MR) is 72.2 cm³/mol. The Morgan fingerprint density at radius 2 is 1.22 bits per heavy atom. The quantitative estimate of drug-likeness (QED) is 0.613. The fourth-order valence-corrected chi connectivity index (χ4v) is 2.09. The first kappa shape index (κ1) is 15.1. The van der Waals surface area contributed by atoms with E-state index in [1.807, 2.05) is 0 Å². The normalized spacial score (nSPS) is 23.4. The van der Waals surface area contributed by atoms with Crippen LogP contribution in [0, 0.1) is 0 Å². The van der Waals surface area contributed by atoms with Crippen LogP contribution in [0.1, 0.15) is 64.2 Å². The van der Waals surface area contributed by atoms with Crippen LogP contribution in [0.25, 0.3) is 0 Å². The second kappa shape index (κ2) is 11.1. The molecule has 1 rings (SSSR count). The van der Waals surface area contributed by atoms with Gasteiger partial charge in [-0.25, -0.2) is 4.79 Å². The minimum absolute atomic E-state index is 0.292. The highest BCUT2D eigenvalue weighted by molar-refractivity contribution is 5.81. The molecule has 1 heterocycles. The van der Waals surface area contributed by atoms with Gasteiger partial charge in [0.05, 0.1) is 25.6 Å². The third kappa shape index (κ3) is 9.08. The Morgan fingerprint density at radius 3 is 1.83 bits per heavy atom. The summed E-state index contributed by atoms with van der Waals surface area (Å²) in [6, 6.07) is 0. The van der Waals surface area contributed by atoms with Gasteiger partial charge in [0.2, 0.25) is 0 Å². The molecule has 104 valence electrons. The molecule has 0 spiro atoms. The summed E-state index contributed by atoms with van der Waals surface area (Å²) < 4.78 is 10.3. The van der Waals surface area contributed by atoms with Gasteiger partial charge in [0.15, 0.2) is 0 Å². The highest BCUT2D eigenvalue weighted by Gasteiger charge is 1.98. The summed E-state index contributed by atoms with van der Waals surface area (Å²) in [6.45, 7) is 1.23. The van der Waals surface area contributed by atoms with Gasteiger partial charge in [-0.2, -0.15) is 0 Å². The van der Waals surface area contributed by atoms with Crippen LogP contribution in [-0.2, 0) is 14.3 Å². The van der Waals surface area contributed by atoms with Crippen LogP contribution in [-0.4, -0.2) is 19.2 Å². The zero-order valence-electron chi connectivity index (χ0n) is 11.4. The first-order chi connectivity index (χ1) is 8.89. The molecular weight excluding hydrogens is 228 g/mol. The van der Waals surface area contributed by atoms with E-state index in [0.717, 1.165) is 19.3 Å². The van der Waals surface area contributed by atoms with Crippen LogP contribution in [0.4, 0.5) is 0 Å². The second-order valence-electron chi connectivity index (χ2n) is 4.88. The van der Waals surface area contributed by atoms with Crippen molar-refractivity contribution in [1.29, 1.82) is 0 Å². The molecule has 0 amide bonds. The number of esters is 1. The van der Waals surface area contributed by atoms with E-state index in [9.17, 15) is 4.79 Å². The average molecular weight is 254 g/mol. The molecule has 0 N–H and O–H groups in total. The van der Waals surface area contributed by atoms with Gasteiger partial charge in [0, 0.05) is 0 Å². The van der Waals surface area contributed by atoms with Crippen molar-refractivity contribution in [3.63, 3.8) is 0 Å². The van der Waals surface area contributed by atoms with Crippen LogP contribution in [0.2, 0.25) is 0 Å². The van der Waals surface area contributed by atoms with E-state index in [1.165, 1.54) is 57.3 Å². The molecular formula is C15H26O3. The number of hydrogen-bond acceptors (Lipinski definition) is 3. The maximum Gasteiger partial charge on any atom is 0.333 e. The third-order valence-corrected chi connectivity index (χ3v) is 3.20. The molecule has 0 aromatic carbocycles. The fourth-order valence-electron chi connectivity index (χ4n) is 2.09. The number of hydrogen-bond donors (Lipinski definition) is 0. The second-order valence-corrected chi connectivity index (χ2v) is 4.88. The van der Waals surface area contributed by atoms with E-state index in [1.54, 1.807) is 0 Å². The van der Waals surface area contributed by atoms with E-state index < -0.39 is 0 Å². The zero-order valence-corrected chi connectivity index (χ0v) is 11.4. The standard InChI is InChI=1S/C15H26O3/c16-15-11-14-17-12-9-7-5-3-1-2-4-6-8-10-13-18-15/h11,14H,1-10,12-13H2/b14-11-. The van der Waals surface area contributed by atoms with Gasteiger partial charge in [-0.3, -0.25) is 0 Å². The van der Waals surface area contributed by atoms with Gasteiger partial charge >= 0.3 is 5.97 Å². The molecule has 3 nitrogen and oxygen atoms in total. The smallest absolute Gasteiger partial charge is 0.333 e. The Hall–Kier alpha value is -0.990. The van der Waals surface area contributed by atoms with Crippen molar-refractivity contribution in [2.24, 2.45) is 0 Å². The highest BCUT2D eigenvalue weighted by atomic mass is 16.5. The van der Waals surface area contributed by atoms with Crippen LogP contribution < -0.4 is 0 Å². The van der Waals surface area contributed by atoms with Crippen LogP contribution in [0.5, 0.6) is 0 Å². The number of carbonyl (C=O) groups is 1. The lowest BCUT2D eigenvalue weighted by Gasteiger charge is -2.02. The van der Waals surface area contributed by atoms with E-state index in [-0.39, 0.29) is 5.97 Å². The van der Waals surface area contributed by atoms with Crippen LogP contribution in [0.15, 0.2) is 12.3 Å². The Morgan fingerprint density at radius 1 is 0.722 bits per heavy atom. The van der Waals surface area contributed by atoms with Gasteiger partial charge < -0.3 is 9.47 Å². The molecule has 0 saturated heterocycles. The van der Waals surface area contributed by atoms with Gasteiger partial charge in [0.25, 0.3) is 0 Å². The molecule has 0 aromatic heterocycles. The summed E-state index contributed by atoms with van der Waals surface area (Å²) in [5.74, 6) is -0.292. The summed E-state index contributed by atoms with van der Waals surface area (Å²) in [6.07, 6.45) is 15.2. The topological polar surface area (TPSA) is 35.5 Å². The van der Waals surface area contributed by atoms with Gasteiger partial charge in [-0.05, 0) is 12.8 Å². The summed E-state index contributed by atoms with van der Waals surface area (Å²) in [7, 11) is 0. The predicted octanol–water partition coefficient (Wildman–Crippen LogP) is 3.97. The minimum Gasteiger partial charge on any atom is -0.501 e. The Bertz CT molecular complexity index is 236. The van der Waals surface area contributed by atoms with E-state index >= 15 is 0 Å². The first-order valence-electron chi connectivity index (χ1n) is 7.34. The summed E-state index contributed by atoms with van der Waals surface area (Å²) in [5.41, 5.74) is 0. The molecule has 0 saturated carbocycles. The summed E-state index contributed by atoms with van der Waals surface area (Å²) in [5, 5.41) is 0. The number of rotatable bonds is 0. The monoisotopic (exact) mass is 254 g/mol. The number of cyclic esters (lactones) is 1. The van der Waals surface area contributed by atoms with Crippen LogP contribution in [0.3, 0.4) is 0 Å². The molecule has 0 aliphatic carbocycles. The third-order valence-electron chi connectivity index (χ3n) is 3.20. The van der Waals surface area contributed by atoms with Gasteiger partial charge in [-0.15, -0.1) is 0 Å². The lowest BCUT2D eigenvalue weighted by atomic mass is 10.1. The Kier molecular flexibility index (Phi) is 9.31. The maximum atomic E-state index is 11.2. The molecule has 1 aliphatic rings. The van der Waals surface area contributed by atoms with Crippen molar-refractivity contribution in [3.05, 3.63) is 12.3 Å². The number of ether oxygens (including phenoxy) is 2. The molecule has 18 heavy (non-hydrogen) atoms. The van der Waals surface area contributed by atoms with E-state index in [4.69, 9.17) is 9.47 Å². The van der Waals surface area contributed by atoms with E-state index in [0.29, 0.717) is 13.2 Å². The molecule has 0 bridgehead atoms. The lowest BCUT2D eigenvalue weighted by molar-refractivity contribution is -0.138. The zero-order chi connectivity index (χ0) is 12.9. The molecule has 3 heteroatoms. The van der Waals surface area contributed by atoms with Gasteiger partial charge in [-0.1, -0.05) is 51.4 Å². The first-order valence-corrected chi connectivity index (χ1v) is 7.34. The summed E-state index contributed by atoms with van der Waals surface area (Å²) >= 11 is 0. The van der Waals surface area contributed by atoms with Crippen molar-refractivity contribution in [2.75, 3.05) is 13.2 Å². The SMILES string of the molecule is O=C1/C=C\OCCCCCCCCCCCCO1. The highest BCUT2D eigenvalue weighted by Crippen LogP contribution is 2.11. The van der Waals surface area contributed by atoms with Crippen molar-refractivity contribution < 1.29 is 14.3 Å². The van der Waals surface area contributed by atoms with Crippen molar-refractivity contribution in [3.8, 4) is 0 Å².